The molecular weight excluding hydrogens is 359 g/mol. The summed E-state index contributed by atoms with van der Waals surface area (Å²) in [4.78, 5) is 27.8. The Morgan fingerprint density at radius 1 is 1.50 bits per heavy atom. The smallest absolute Gasteiger partial charge is 0.285 e. The van der Waals surface area contributed by atoms with Crippen molar-refractivity contribution in [3.63, 3.8) is 0 Å². The van der Waals surface area contributed by atoms with E-state index in [1.54, 1.807) is 0 Å². The highest BCUT2D eigenvalue weighted by atomic mass is 35.5. The zero-order valence-corrected chi connectivity index (χ0v) is 14.0. The SMILES string of the molecule is Cl.N[C@H]1CCc2nc(NC(=O)c3ccc(F)cc3[N+](=O)[O-])sc2C1. The summed E-state index contributed by atoms with van der Waals surface area (Å²) in [6.07, 6.45) is 2.30. The topological polar surface area (TPSA) is 111 Å². The van der Waals surface area contributed by atoms with Crippen molar-refractivity contribution in [1.82, 2.24) is 4.98 Å². The second-order valence-corrected chi connectivity index (χ2v) is 6.35. The predicted octanol–water partition coefficient (Wildman–Crippen LogP) is 2.68. The van der Waals surface area contributed by atoms with Crippen molar-refractivity contribution in [2.45, 2.75) is 25.3 Å². The number of hydrogen-bond donors (Lipinski definition) is 2. The number of nitro benzene ring substituents is 1. The van der Waals surface area contributed by atoms with E-state index in [2.05, 4.69) is 10.3 Å². The molecule has 7 nitrogen and oxygen atoms in total. The van der Waals surface area contributed by atoms with E-state index in [0.717, 1.165) is 41.6 Å². The van der Waals surface area contributed by atoms with Crippen LogP contribution in [0.3, 0.4) is 0 Å². The molecule has 2 aromatic rings. The molecule has 10 heteroatoms. The van der Waals surface area contributed by atoms with Gasteiger partial charge in [0.15, 0.2) is 5.13 Å². The fourth-order valence-corrected chi connectivity index (χ4v) is 3.56. The number of nitrogens with zero attached hydrogens (tertiary/aromatic N) is 2. The van der Waals surface area contributed by atoms with Gasteiger partial charge in [0.05, 0.1) is 16.7 Å². The first-order valence-corrected chi connectivity index (χ1v) is 7.75. The maximum absolute atomic E-state index is 13.1. The minimum atomic E-state index is -0.788. The van der Waals surface area contributed by atoms with Gasteiger partial charge in [-0.1, -0.05) is 0 Å². The molecule has 0 saturated heterocycles. The number of benzene rings is 1. The maximum atomic E-state index is 13.1. The summed E-state index contributed by atoms with van der Waals surface area (Å²) in [5.41, 5.74) is 6.02. The Morgan fingerprint density at radius 2 is 2.25 bits per heavy atom. The molecule has 1 aromatic carbocycles. The molecule has 0 radical (unpaired) electrons. The first kappa shape index (κ1) is 18.2. The molecule has 1 amide bonds. The molecule has 1 aromatic heterocycles. The van der Waals surface area contributed by atoms with Crippen LogP contribution in [0.25, 0.3) is 0 Å². The molecule has 1 aliphatic carbocycles. The van der Waals surface area contributed by atoms with Crippen LogP contribution < -0.4 is 11.1 Å². The molecule has 3 N–H and O–H groups in total. The van der Waals surface area contributed by atoms with E-state index in [9.17, 15) is 19.3 Å². The summed E-state index contributed by atoms with van der Waals surface area (Å²) in [6, 6.07) is 2.91. The summed E-state index contributed by atoms with van der Waals surface area (Å²) in [5, 5.41) is 13.9. The first-order valence-electron chi connectivity index (χ1n) is 6.93. The third-order valence-electron chi connectivity index (χ3n) is 3.60. The van der Waals surface area contributed by atoms with Crippen LogP contribution in [-0.4, -0.2) is 21.9 Å². The number of carbonyl (C=O) groups excluding carboxylic acids is 1. The van der Waals surface area contributed by atoms with Crippen molar-refractivity contribution in [3.05, 3.63) is 50.3 Å². The number of aromatic nitrogens is 1. The number of thiazole rings is 1. The molecular formula is C14H14ClFN4O3S. The fourth-order valence-electron chi connectivity index (χ4n) is 2.47. The van der Waals surface area contributed by atoms with Crippen molar-refractivity contribution < 1.29 is 14.1 Å². The summed E-state index contributed by atoms with van der Waals surface area (Å²) < 4.78 is 13.1. The third kappa shape index (κ3) is 3.69. The molecule has 0 spiro atoms. The Bertz CT molecular complexity index is 798. The maximum Gasteiger partial charge on any atom is 0.285 e. The Morgan fingerprint density at radius 3 is 2.96 bits per heavy atom. The van der Waals surface area contributed by atoms with Gasteiger partial charge in [0.1, 0.15) is 11.4 Å². The van der Waals surface area contributed by atoms with Crippen LogP contribution in [0.5, 0.6) is 0 Å². The van der Waals surface area contributed by atoms with Crippen molar-refractivity contribution in [1.29, 1.82) is 0 Å². The van der Waals surface area contributed by atoms with Crippen LogP contribution in [0.15, 0.2) is 18.2 Å². The summed E-state index contributed by atoms with van der Waals surface area (Å²) in [5.74, 6) is -1.46. The number of amides is 1. The first-order chi connectivity index (χ1) is 10.9. The minimum absolute atomic E-state index is 0. The zero-order valence-electron chi connectivity index (χ0n) is 12.3. The number of nitrogens with one attached hydrogen (secondary N) is 1. The van der Waals surface area contributed by atoms with Gasteiger partial charge in [0.25, 0.3) is 11.6 Å². The second kappa shape index (κ2) is 7.20. The highest BCUT2D eigenvalue weighted by molar-refractivity contribution is 7.15. The Balaban J connectivity index is 0.00000208. The summed E-state index contributed by atoms with van der Waals surface area (Å²) in [6.45, 7) is 0. The van der Waals surface area contributed by atoms with Crippen LogP contribution in [-0.2, 0) is 12.8 Å². The largest absolute Gasteiger partial charge is 0.327 e. The molecule has 128 valence electrons. The summed E-state index contributed by atoms with van der Waals surface area (Å²) in [7, 11) is 0. The van der Waals surface area contributed by atoms with E-state index in [4.69, 9.17) is 5.73 Å². The van der Waals surface area contributed by atoms with Gasteiger partial charge in [0, 0.05) is 10.9 Å². The summed E-state index contributed by atoms with van der Waals surface area (Å²) >= 11 is 1.31. The Labute approximate surface area is 146 Å². The molecule has 1 heterocycles. The molecule has 3 rings (SSSR count). The number of carbonyl (C=O) groups is 1. The van der Waals surface area contributed by atoms with Gasteiger partial charge < -0.3 is 5.73 Å². The molecule has 0 saturated carbocycles. The van der Waals surface area contributed by atoms with E-state index in [0.29, 0.717) is 11.6 Å². The molecule has 0 bridgehead atoms. The van der Waals surface area contributed by atoms with Crippen molar-refractivity contribution >= 4 is 40.5 Å². The van der Waals surface area contributed by atoms with Crippen molar-refractivity contribution in [3.8, 4) is 0 Å². The van der Waals surface area contributed by atoms with Gasteiger partial charge in [0.2, 0.25) is 0 Å². The minimum Gasteiger partial charge on any atom is -0.327 e. The third-order valence-corrected chi connectivity index (χ3v) is 4.63. The van der Waals surface area contributed by atoms with Crippen LogP contribution in [0.4, 0.5) is 15.2 Å². The normalized spacial score (nSPS) is 16.0. The predicted molar refractivity (Wildman–Crippen MR) is 90.4 cm³/mol. The number of anilines is 1. The van der Waals surface area contributed by atoms with Crippen LogP contribution in [0, 0.1) is 15.9 Å². The van der Waals surface area contributed by atoms with Gasteiger partial charge in [-0.25, -0.2) is 9.37 Å². The highest BCUT2D eigenvalue weighted by Gasteiger charge is 2.24. The lowest BCUT2D eigenvalue weighted by Gasteiger charge is -2.15. The fraction of sp³-hybridized carbons (Fsp3) is 0.286. The molecule has 0 unspecified atom stereocenters. The van der Waals surface area contributed by atoms with E-state index < -0.39 is 22.3 Å². The second-order valence-electron chi connectivity index (χ2n) is 5.26. The van der Waals surface area contributed by atoms with Crippen LogP contribution in [0.1, 0.15) is 27.3 Å². The molecule has 1 aliphatic rings. The van der Waals surface area contributed by atoms with E-state index in [1.807, 2.05) is 0 Å². The van der Waals surface area contributed by atoms with E-state index >= 15 is 0 Å². The Kier molecular flexibility index (Phi) is 5.47. The van der Waals surface area contributed by atoms with Crippen molar-refractivity contribution in [2.24, 2.45) is 5.73 Å². The van der Waals surface area contributed by atoms with Gasteiger partial charge in [-0.05, 0) is 31.4 Å². The average Bonchev–Trinajstić information content (AvgIpc) is 2.88. The van der Waals surface area contributed by atoms with E-state index in [-0.39, 0.29) is 24.0 Å². The quantitative estimate of drug-likeness (QED) is 0.635. The molecule has 1 atom stereocenters. The van der Waals surface area contributed by atoms with Crippen molar-refractivity contribution in [2.75, 3.05) is 5.32 Å². The molecule has 0 fully saturated rings. The van der Waals surface area contributed by atoms with Gasteiger partial charge >= 0.3 is 0 Å². The average molecular weight is 373 g/mol. The lowest BCUT2D eigenvalue weighted by atomic mass is 9.99. The number of hydrogen-bond acceptors (Lipinski definition) is 6. The van der Waals surface area contributed by atoms with Crippen LogP contribution >= 0.6 is 23.7 Å². The monoisotopic (exact) mass is 372 g/mol. The zero-order chi connectivity index (χ0) is 16.6. The number of nitro groups is 1. The standard InChI is InChI=1S/C14H13FN4O3S.ClH/c15-7-1-3-9(11(5-7)19(21)22)13(20)18-14-17-10-4-2-8(16)6-12(10)23-14;/h1,3,5,8H,2,4,6,16H2,(H,17,18,20);1H/t8-;/m0./s1. The number of aryl methyl sites for hydroxylation is 1. The molecule has 0 aliphatic heterocycles. The van der Waals surface area contributed by atoms with Crippen LogP contribution in [0.2, 0.25) is 0 Å². The lowest BCUT2D eigenvalue weighted by Crippen LogP contribution is -2.27. The number of nitrogens with two attached hydrogens (primary N) is 1. The number of fused-ring (bicyclic) bond motifs is 1. The Hall–Kier alpha value is -2.10. The van der Waals surface area contributed by atoms with Gasteiger partial charge in [-0.3, -0.25) is 20.2 Å². The van der Waals surface area contributed by atoms with E-state index in [1.165, 1.54) is 11.3 Å². The van der Waals surface area contributed by atoms with Gasteiger partial charge in [-0.15, -0.1) is 23.7 Å². The molecule has 24 heavy (non-hydrogen) atoms. The lowest BCUT2D eigenvalue weighted by molar-refractivity contribution is -0.385. The number of rotatable bonds is 3. The highest BCUT2D eigenvalue weighted by Crippen LogP contribution is 2.30. The van der Waals surface area contributed by atoms with Gasteiger partial charge in [-0.2, -0.15) is 0 Å². The number of halogens is 2.